The van der Waals surface area contributed by atoms with Crippen LogP contribution in [0.3, 0.4) is 0 Å². The molecule has 0 aromatic heterocycles. The topological polar surface area (TPSA) is 98.8 Å². The molecule has 4 aromatic carbocycles. The molecule has 8 rings (SSSR count). The number of nitrogens with zero attached hydrogens (tertiary/aromatic N) is 2. The summed E-state index contributed by atoms with van der Waals surface area (Å²) in [6, 6.07) is 19.5. The number of carboxylic acid groups (broad SMARTS) is 1. The van der Waals surface area contributed by atoms with Crippen molar-refractivity contribution in [3.63, 3.8) is 0 Å². The van der Waals surface area contributed by atoms with Gasteiger partial charge in [-0.3, -0.25) is 4.90 Å². The number of methoxy groups -OCH3 is 4. The third-order valence-electron chi connectivity index (χ3n) is 12.5. The minimum atomic E-state index is -1.00. The van der Waals surface area contributed by atoms with Gasteiger partial charge in [0.05, 0.1) is 48.0 Å². The molecule has 0 saturated heterocycles. The number of fused-ring (bicyclic) bond motifs is 2. The normalized spacial score (nSPS) is 20.7. The van der Waals surface area contributed by atoms with Crippen LogP contribution in [-0.4, -0.2) is 77.0 Å². The molecule has 0 fully saturated rings. The maximum absolute atomic E-state index is 13.2. The first kappa shape index (κ1) is 39.3. The number of quaternary nitrogens is 1. The molecule has 4 unspecified atom stereocenters. The van der Waals surface area contributed by atoms with Gasteiger partial charge in [-0.15, -0.1) is 0 Å². The number of ether oxygens (including phenoxy) is 6. The van der Waals surface area contributed by atoms with E-state index in [0.29, 0.717) is 82.7 Å². The molecule has 298 valence electrons. The second-order valence-electron chi connectivity index (χ2n) is 15.7. The van der Waals surface area contributed by atoms with E-state index in [1.165, 1.54) is 0 Å². The minimum Gasteiger partial charge on any atom is -0.544 e. The van der Waals surface area contributed by atoms with Crippen molar-refractivity contribution >= 4 is 5.97 Å². The van der Waals surface area contributed by atoms with Crippen LogP contribution in [-0.2, 0) is 30.5 Å². The van der Waals surface area contributed by atoms with Crippen molar-refractivity contribution in [2.45, 2.75) is 82.8 Å². The van der Waals surface area contributed by atoms with Crippen molar-refractivity contribution < 1.29 is 42.8 Å². The van der Waals surface area contributed by atoms with Gasteiger partial charge in [0.1, 0.15) is 17.8 Å². The second-order valence-corrected chi connectivity index (χ2v) is 15.7. The molecule has 4 aromatic rings. The predicted molar refractivity (Wildman–Crippen MR) is 214 cm³/mol. The molecule has 6 bridgehead atoms. The monoisotopic (exact) mass is 764 g/mol. The standard InChI is InChI=1S/C46H56N2O8/c1-8-9-10-11-12-36(46(49)50)48(3)22-20-31-26-39(52-5)41-28-34(31)37(48)24-29-13-16-33(17-14-29)55-40-25-30(15-18-38(40)51-4)23-35-43-32(19-21-47(35)2)27-42(53-6)44(54-7)45(43)56-41/h13-18,25-28,35-37H,8-12,19-24H2,1-7H3. The minimum absolute atomic E-state index is 0.0826. The predicted octanol–water partition coefficient (Wildman–Crippen LogP) is 7.77. The van der Waals surface area contributed by atoms with Gasteiger partial charge in [-0.2, -0.15) is 0 Å². The van der Waals surface area contributed by atoms with Crippen LogP contribution >= 0.6 is 0 Å². The molecule has 0 N–H and O–H groups in total. The molecule has 0 radical (unpaired) electrons. The quantitative estimate of drug-likeness (QED) is 0.112. The van der Waals surface area contributed by atoms with E-state index in [0.717, 1.165) is 72.0 Å². The smallest absolute Gasteiger partial charge is 0.204 e. The number of benzene rings is 4. The number of aliphatic carboxylic acids is 1. The largest absolute Gasteiger partial charge is 0.544 e. The number of carbonyl (C=O) groups is 1. The fraction of sp³-hybridized carbons (Fsp3) is 0.457. The summed E-state index contributed by atoms with van der Waals surface area (Å²) in [4.78, 5) is 15.5. The van der Waals surface area contributed by atoms with Gasteiger partial charge in [-0.1, -0.05) is 44.4 Å². The summed E-state index contributed by atoms with van der Waals surface area (Å²) in [6.07, 6.45) is 7.30. The van der Waals surface area contributed by atoms with Gasteiger partial charge in [-0.05, 0) is 91.0 Å². The Morgan fingerprint density at radius 1 is 0.821 bits per heavy atom. The van der Waals surface area contributed by atoms with Crippen molar-refractivity contribution in [1.29, 1.82) is 0 Å². The molecule has 56 heavy (non-hydrogen) atoms. The van der Waals surface area contributed by atoms with E-state index in [4.69, 9.17) is 28.4 Å². The van der Waals surface area contributed by atoms with Gasteiger partial charge in [-0.25, -0.2) is 0 Å². The van der Waals surface area contributed by atoms with Crippen molar-refractivity contribution in [3.05, 3.63) is 94.0 Å². The molecule has 0 spiro atoms. The van der Waals surface area contributed by atoms with Crippen LogP contribution in [0.4, 0.5) is 0 Å². The molecule has 4 aliphatic heterocycles. The maximum Gasteiger partial charge on any atom is 0.204 e. The Kier molecular flexibility index (Phi) is 11.7. The average Bonchev–Trinajstić information content (AvgIpc) is 3.20. The number of hydrogen-bond acceptors (Lipinski definition) is 9. The molecule has 4 atom stereocenters. The van der Waals surface area contributed by atoms with E-state index in [-0.39, 0.29) is 12.1 Å². The zero-order valence-electron chi connectivity index (χ0n) is 33.9. The molecule has 10 nitrogen and oxygen atoms in total. The van der Waals surface area contributed by atoms with Crippen molar-refractivity contribution in [2.75, 3.05) is 55.6 Å². The van der Waals surface area contributed by atoms with Crippen LogP contribution in [0, 0.1) is 0 Å². The lowest BCUT2D eigenvalue weighted by Gasteiger charge is -2.51. The first-order valence-electron chi connectivity index (χ1n) is 20.0. The van der Waals surface area contributed by atoms with E-state index >= 15 is 0 Å². The van der Waals surface area contributed by atoms with Crippen molar-refractivity contribution in [3.8, 4) is 46.0 Å². The number of hydrogen-bond donors (Lipinski definition) is 0. The van der Waals surface area contributed by atoms with E-state index in [2.05, 4.69) is 68.4 Å². The fourth-order valence-corrected chi connectivity index (χ4v) is 9.26. The average molecular weight is 765 g/mol. The van der Waals surface area contributed by atoms with E-state index in [1.54, 1.807) is 28.4 Å². The fourth-order valence-electron chi connectivity index (χ4n) is 9.26. The Hall–Kier alpha value is -4.93. The lowest BCUT2D eigenvalue weighted by molar-refractivity contribution is -0.958. The number of carbonyl (C=O) groups excluding carboxylic acids is 1. The van der Waals surface area contributed by atoms with Crippen LogP contribution in [0.2, 0.25) is 0 Å². The Balaban J connectivity index is 1.46. The highest BCUT2D eigenvalue weighted by atomic mass is 16.5. The van der Waals surface area contributed by atoms with Crippen LogP contribution in [0.5, 0.6) is 46.0 Å². The maximum atomic E-state index is 13.2. The SMILES string of the molecule is CCCCCCC(C(=O)[O-])[N+]1(C)CCc2cc(OC)c3cc2C1Cc1ccc(cc1)Oc1cc(ccc1OC)CC1c2c(cc(OC)c(OC)c2O3)CCN1C. The van der Waals surface area contributed by atoms with E-state index in [9.17, 15) is 9.90 Å². The molecular weight excluding hydrogens is 709 g/mol. The molecular formula is C46H56N2O8. The van der Waals surface area contributed by atoms with Crippen LogP contribution in [0.15, 0.2) is 60.7 Å². The zero-order valence-corrected chi connectivity index (χ0v) is 33.9. The number of rotatable bonds is 11. The highest BCUT2D eigenvalue weighted by Crippen LogP contribution is 2.52. The first-order valence-corrected chi connectivity index (χ1v) is 20.0. The molecule has 0 aliphatic carbocycles. The second kappa shape index (κ2) is 16.7. The Morgan fingerprint density at radius 2 is 1.54 bits per heavy atom. The third kappa shape index (κ3) is 7.49. The Labute approximate surface area is 331 Å². The van der Waals surface area contributed by atoms with Gasteiger partial charge < -0.3 is 42.8 Å². The zero-order chi connectivity index (χ0) is 39.6. The summed E-state index contributed by atoms with van der Waals surface area (Å²) >= 11 is 0. The summed E-state index contributed by atoms with van der Waals surface area (Å²) in [6.45, 7) is 3.66. The Morgan fingerprint density at radius 3 is 2.23 bits per heavy atom. The summed E-state index contributed by atoms with van der Waals surface area (Å²) in [7, 11) is 10.8. The van der Waals surface area contributed by atoms with E-state index < -0.39 is 12.0 Å². The lowest BCUT2D eigenvalue weighted by atomic mass is 9.84. The molecule has 0 saturated carbocycles. The van der Waals surface area contributed by atoms with Gasteiger partial charge >= 0.3 is 0 Å². The summed E-state index contributed by atoms with van der Waals surface area (Å²) in [5.41, 5.74) is 6.45. The van der Waals surface area contributed by atoms with Gasteiger partial charge in [0.25, 0.3) is 0 Å². The Bertz CT molecular complexity index is 2050. The lowest BCUT2D eigenvalue weighted by Crippen LogP contribution is -2.63. The molecule has 4 aliphatic rings. The highest BCUT2D eigenvalue weighted by molar-refractivity contribution is 5.70. The summed E-state index contributed by atoms with van der Waals surface area (Å²) in [5.74, 6) is 3.76. The third-order valence-corrected chi connectivity index (χ3v) is 12.5. The van der Waals surface area contributed by atoms with Crippen LogP contribution in [0.25, 0.3) is 0 Å². The summed E-state index contributed by atoms with van der Waals surface area (Å²) < 4.78 is 37.9. The van der Waals surface area contributed by atoms with Crippen LogP contribution < -0.4 is 33.5 Å². The van der Waals surface area contributed by atoms with Gasteiger partial charge in [0.2, 0.25) is 5.75 Å². The van der Waals surface area contributed by atoms with Crippen molar-refractivity contribution in [1.82, 2.24) is 4.90 Å². The molecule has 0 amide bonds. The first-order chi connectivity index (χ1) is 27.1. The number of unbranched alkanes of at least 4 members (excludes halogenated alkanes) is 3. The van der Waals surface area contributed by atoms with Crippen molar-refractivity contribution in [2.24, 2.45) is 0 Å². The highest BCUT2D eigenvalue weighted by Gasteiger charge is 2.46. The molecule has 4 heterocycles. The number of likely N-dealkylation sites (N-methyl/N-ethyl adjacent to an activating group) is 2. The van der Waals surface area contributed by atoms with Gasteiger partial charge in [0.15, 0.2) is 34.5 Å². The molecule has 10 heteroatoms. The number of carboxylic acids is 1. The van der Waals surface area contributed by atoms with Crippen LogP contribution in [0.1, 0.15) is 84.5 Å². The summed E-state index contributed by atoms with van der Waals surface area (Å²) in [5, 5.41) is 13.2. The van der Waals surface area contributed by atoms with E-state index in [1.807, 2.05) is 18.2 Å². The van der Waals surface area contributed by atoms with Gasteiger partial charge in [0, 0.05) is 43.0 Å².